The number of aliphatic hydroxyl groups excluding tert-OH is 2. The van der Waals surface area contributed by atoms with E-state index in [0.717, 1.165) is 0 Å². The minimum absolute atomic E-state index is 0.0289. The van der Waals surface area contributed by atoms with Gasteiger partial charge in [0.15, 0.2) is 17.7 Å². The molecule has 0 bridgehead atoms. The van der Waals surface area contributed by atoms with Crippen molar-refractivity contribution in [1.29, 1.82) is 0 Å². The van der Waals surface area contributed by atoms with Gasteiger partial charge in [-0.3, -0.25) is 9.36 Å². The van der Waals surface area contributed by atoms with Gasteiger partial charge in [0, 0.05) is 25.3 Å². The van der Waals surface area contributed by atoms with E-state index in [-0.39, 0.29) is 23.8 Å². The predicted molar refractivity (Wildman–Crippen MR) is 140 cm³/mol. The van der Waals surface area contributed by atoms with Crippen LogP contribution in [0.4, 0.5) is 16.3 Å². The lowest BCUT2D eigenvalue weighted by Gasteiger charge is -2.23. The standard InChI is InChI=1S/C25H34N8O5/c1-25(2,3)15-5-7-16(8-6-15)31-24(37)27-9-4-10-32(14-34)11-17-19(35)20(36)23(38-17)33-13-30-18-21(26)28-12-29-22(18)33/h5-8,12-14,17,19-20,23,35-36H,4,9-11H2,1-3H3,(H2,26,28,29)(H2,27,31,37). The monoisotopic (exact) mass is 526 g/mol. The summed E-state index contributed by atoms with van der Waals surface area (Å²) < 4.78 is 7.37. The first-order chi connectivity index (χ1) is 18.1. The summed E-state index contributed by atoms with van der Waals surface area (Å²) in [7, 11) is 0. The number of amides is 3. The Bertz CT molecular complexity index is 1260. The molecular formula is C25H34N8O5. The Morgan fingerprint density at radius 2 is 1.92 bits per heavy atom. The van der Waals surface area contributed by atoms with E-state index in [2.05, 4.69) is 46.4 Å². The Morgan fingerprint density at radius 1 is 1.18 bits per heavy atom. The first-order valence-electron chi connectivity index (χ1n) is 12.4. The SMILES string of the molecule is CC(C)(C)c1ccc(NC(=O)NCCCN(C=O)CC2OC(n3cnc4c(N)ncnc43)C(O)C2O)cc1. The Balaban J connectivity index is 1.25. The van der Waals surface area contributed by atoms with Gasteiger partial charge in [-0.05, 0) is 29.5 Å². The number of benzene rings is 1. The average Bonchev–Trinajstić information content (AvgIpc) is 3.43. The number of anilines is 2. The van der Waals surface area contributed by atoms with Gasteiger partial charge in [-0.2, -0.15) is 0 Å². The van der Waals surface area contributed by atoms with Gasteiger partial charge in [0.25, 0.3) is 0 Å². The molecule has 4 rings (SSSR count). The van der Waals surface area contributed by atoms with Crippen molar-refractivity contribution in [2.45, 2.75) is 57.1 Å². The highest BCUT2D eigenvalue weighted by Gasteiger charge is 2.44. The predicted octanol–water partition coefficient (Wildman–Crippen LogP) is 0.995. The summed E-state index contributed by atoms with van der Waals surface area (Å²) >= 11 is 0. The van der Waals surface area contributed by atoms with E-state index < -0.39 is 24.5 Å². The van der Waals surface area contributed by atoms with Gasteiger partial charge in [0.1, 0.15) is 30.2 Å². The molecule has 0 spiro atoms. The number of nitrogen functional groups attached to an aromatic ring is 1. The maximum absolute atomic E-state index is 12.2. The molecule has 1 fully saturated rings. The van der Waals surface area contributed by atoms with Crippen LogP contribution in [0, 0.1) is 0 Å². The van der Waals surface area contributed by atoms with Crippen LogP contribution in [0.15, 0.2) is 36.9 Å². The van der Waals surface area contributed by atoms with Crippen molar-refractivity contribution in [2.75, 3.05) is 30.7 Å². The molecule has 0 saturated carbocycles. The highest BCUT2D eigenvalue weighted by molar-refractivity contribution is 5.89. The zero-order valence-electron chi connectivity index (χ0n) is 21.6. The third kappa shape index (κ3) is 6.01. The minimum Gasteiger partial charge on any atom is -0.387 e. The van der Waals surface area contributed by atoms with Gasteiger partial charge < -0.3 is 36.2 Å². The fourth-order valence-electron chi connectivity index (χ4n) is 4.30. The van der Waals surface area contributed by atoms with E-state index in [1.165, 1.54) is 27.7 Å². The van der Waals surface area contributed by atoms with Crippen LogP contribution in [0.2, 0.25) is 0 Å². The number of nitrogens with two attached hydrogens (primary N) is 1. The maximum atomic E-state index is 12.2. The summed E-state index contributed by atoms with van der Waals surface area (Å²) in [6.07, 6.45) is -0.519. The second kappa shape index (κ2) is 11.3. The van der Waals surface area contributed by atoms with E-state index in [9.17, 15) is 19.8 Å². The van der Waals surface area contributed by atoms with E-state index in [1.54, 1.807) is 0 Å². The second-order valence-corrected chi connectivity index (χ2v) is 10.3. The van der Waals surface area contributed by atoms with Crippen LogP contribution in [0.5, 0.6) is 0 Å². The summed E-state index contributed by atoms with van der Waals surface area (Å²) in [5.74, 6) is 0.186. The number of aromatic nitrogens is 4. The summed E-state index contributed by atoms with van der Waals surface area (Å²) in [5.41, 5.74) is 8.42. The van der Waals surface area contributed by atoms with Crippen LogP contribution in [0.25, 0.3) is 11.2 Å². The van der Waals surface area contributed by atoms with Crippen molar-refractivity contribution in [1.82, 2.24) is 29.7 Å². The highest BCUT2D eigenvalue weighted by atomic mass is 16.6. The lowest BCUT2D eigenvalue weighted by atomic mass is 9.87. The van der Waals surface area contributed by atoms with Crippen molar-refractivity contribution in [2.24, 2.45) is 0 Å². The molecule has 0 radical (unpaired) electrons. The van der Waals surface area contributed by atoms with Crippen molar-refractivity contribution in [3.63, 3.8) is 0 Å². The minimum atomic E-state index is -1.27. The summed E-state index contributed by atoms with van der Waals surface area (Å²) in [4.78, 5) is 37.5. The van der Waals surface area contributed by atoms with E-state index in [0.29, 0.717) is 42.8 Å². The zero-order valence-corrected chi connectivity index (χ0v) is 21.6. The van der Waals surface area contributed by atoms with E-state index >= 15 is 0 Å². The Morgan fingerprint density at radius 3 is 2.61 bits per heavy atom. The third-order valence-electron chi connectivity index (χ3n) is 6.48. The largest absolute Gasteiger partial charge is 0.387 e. The molecule has 204 valence electrons. The van der Waals surface area contributed by atoms with Crippen LogP contribution in [-0.4, -0.2) is 85.0 Å². The van der Waals surface area contributed by atoms with Crippen molar-refractivity contribution >= 4 is 35.1 Å². The number of rotatable bonds is 9. The molecule has 1 aliphatic rings. The molecule has 4 atom stereocenters. The van der Waals surface area contributed by atoms with Gasteiger partial charge in [-0.1, -0.05) is 32.9 Å². The molecule has 3 aromatic rings. The number of nitrogens with one attached hydrogen (secondary N) is 2. The van der Waals surface area contributed by atoms with Gasteiger partial charge in [-0.25, -0.2) is 19.7 Å². The fraction of sp³-hybridized carbons (Fsp3) is 0.480. The van der Waals surface area contributed by atoms with Crippen molar-refractivity contribution < 1.29 is 24.5 Å². The molecule has 3 amide bonds. The lowest BCUT2D eigenvalue weighted by molar-refractivity contribution is -0.121. The maximum Gasteiger partial charge on any atom is 0.319 e. The first kappa shape index (κ1) is 27.2. The Hall–Kier alpha value is -3.81. The topological polar surface area (TPSA) is 181 Å². The van der Waals surface area contributed by atoms with Gasteiger partial charge >= 0.3 is 6.03 Å². The molecule has 3 heterocycles. The molecule has 1 saturated heterocycles. The molecule has 6 N–H and O–H groups in total. The van der Waals surface area contributed by atoms with E-state index in [1.807, 2.05) is 24.3 Å². The smallest absolute Gasteiger partial charge is 0.319 e. The van der Waals surface area contributed by atoms with Crippen LogP contribution in [0.3, 0.4) is 0 Å². The van der Waals surface area contributed by atoms with Crippen molar-refractivity contribution in [3.05, 3.63) is 42.5 Å². The number of urea groups is 1. The van der Waals surface area contributed by atoms with Crippen LogP contribution < -0.4 is 16.4 Å². The molecular weight excluding hydrogens is 492 g/mol. The summed E-state index contributed by atoms with van der Waals surface area (Å²) in [6.45, 7) is 7.07. The zero-order chi connectivity index (χ0) is 27.4. The fourth-order valence-corrected chi connectivity index (χ4v) is 4.30. The molecule has 38 heavy (non-hydrogen) atoms. The Labute approximate surface area is 220 Å². The van der Waals surface area contributed by atoms with E-state index in [4.69, 9.17) is 10.5 Å². The number of aliphatic hydroxyl groups is 2. The quantitative estimate of drug-likeness (QED) is 0.201. The molecule has 1 aromatic carbocycles. The number of carbonyl (C=O) groups excluding carboxylic acids is 2. The average molecular weight is 527 g/mol. The number of nitrogens with zero attached hydrogens (tertiary/aromatic N) is 5. The number of hydrogen-bond donors (Lipinski definition) is 5. The molecule has 13 heteroatoms. The molecule has 2 aromatic heterocycles. The van der Waals surface area contributed by atoms with Gasteiger partial charge in [0.05, 0.1) is 6.33 Å². The third-order valence-corrected chi connectivity index (χ3v) is 6.48. The summed E-state index contributed by atoms with van der Waals surface area (Å²) in [5, 5.41) is 26.7. The molecule has 4 unspecified atom stereocenters. The summed E-state index contributed by atoms with van der Waals surface area (Å²) in [6, 6.07) is 7.34. The van der Waals surface area contributed by atoms with Crippen LogP contribution >= 0.6 is 0 Å². The van der Waals surface area contributed by atoms with Gasteiger partial charge in [0.2, 0.25) is 6.41 Å². The second-order valence-electron chi connectivity index (χ2n) is 10.3. The van der Waals surface area contributed by atoms with Crippen LogP contribution in [-0.2, 0) is 14.9 Å². The number of fused-ring (bicyclic) bond motifs is 1. The number of hydrogen-bond acceptors (Lipinski definition) is 9. The van der Waals surface area contributed by atoms with Crippen LogP contribution in [0.1, 0.15) is 39.0 Å². The number of ether oxygens (including phenoxy) is 1. The number of carbonyl (C=O) groups is 2. The molecule has 0 aliphatic carbocycles. The number of imidazole rings is 1. The molecule has 13 nitrogen and oxygen atoms in total. The van der Waals surface area contributed by atoms with Crippen molar-refractivity contribution in [3.8, 4) is 0 Å². The normalized spacial score (nSPS) is 21.4. The Kier molecular flexibility index (Phi) is 8.09. The molecule has 1 aliphatic heterocycles. The lowest BCUT2D eigenvalue weighted by Crippen LogP contribution is -2.40. The highest BCUT2D eigenvalue weighted by Crippen LogP contribution is 2.32. The first-order valence-corrected chi connectivity index (χ1v) is 12.4. The van der Waals surface area contributed by atoms with Gasteiger partial charge in [-0.15, -0.1) is 0 Å².